The molecule has 1 heterocycles. The van der Waals surface area contributed by atoms with Gasteiger partial charge >= 0.3 is 0 Å². The summed E-state index contributed by atoms with van der Waals surface area (Å²) in [5, 5.41) is 0. The minimum atomic E-state index is -0.0764. The number of ketones is 1. The van der Waals surface area contributed by atoms with Crippen molar-refractivity contribution in [1.29, 1.82) is 0 Å². The van der Waals surface area contributed by atoms with Crippen LogP contribution in [0.4, 0.5) is 0 Å². The van der Waals surface area contributed by atoms with Crippen LogP contribution in [0.3, 0.4) is 0 Å². The molecule has 0 saturated carbocycles. The fraction of sp³-hybridized carbons (Fsp3) is 0.200. The lowest BCUT2D eigenvalue weighted by Crippen LogP contribution is -2.03. The average molecular weight is 177 g/mol. The van der Waals surface area contributed by atoms with Crippen LogP contribution in [0.2, 0.25) is 0 Å². The van der Waals surface area contributed by atoms with Gasteiger partial charge in [0.25, 0.3) is 0 Å². The van der Waals surface area contributed by atoms with Gasteiger partial charge in [-0.05, 0) is 12.1 Å². The summed E-state index contributed by atoms with van der Waals surface area (Å²) in [6, 6.07) is 3.44. The van der Waals surface area contributed by atoms with Gasteiger partial charge in [-0.15, -0.1) is 6.58 Å². The molecule has 3 nitrogen and oxygen atoms in total. The van der Waals surface area contributed by atoms with E-state index in [1.807, 2.05) is 0 Å². The van der Waals surface area contributed by atoms with Crippen molar-refractivity contribution < 1.29 is 9.53 Å². The summed E-state index contributed by atoms with van der Waals surface area (Å²) >= 11 is 0. The highest BCUT2D eigenvalue weighted by Crippen LogP contribution is 2.15. The number of hydrogen-bond acceptors (Lipinski definition) is 3. The van der Waals surface area contributed by atoms with Gasteiger partial charge < -0.3 is 4.74 Å². The fourth-order valence-electron chi connectivity index (χ4n) is 0.992. The maximum absolute atomic E-state index is 11.4. The Morgan fingerprint density at radius 2 is 2.54 bits per heavy atom. The Bertz CT molecular complexity index is 320. The molecule has 0 atom stereocenters. The number of nitrogens with zero attached hydrogens (tertiary/aromatic N) is 1. The van der Waals surface area contributed by atoms with E-state index in [0.717, 1.165) is 0 Å². The molecule has 0 spiro atoms. The third kappa shape index (κ3) is 2.15. The van der Waals surface area contributed by atoms with Crippen molar-refractivity contribution in [2.75, 3.05) is 7.11 Å². The average Bonchev–Trinajstić information content (AvgIpc) is 2.18. The Labute approximate surface area is 77.1 Å². The van der Waals surface area contributed by atoms with E-state index < -0.39 is 0 Å². The minimum absolute atomic E-state index is 0.0764. The summed E-state index contributed by atoms with van der Waals surface area (Å²) in [5.74, 6) is 0.432. The standard InChI is InChI=1S/C10H11NO2/c1-3-5-8(12)10-9(13-2)6-4-7-11-10/h3-4,6-7H,1,5H2,2H3. The van der Waals surface area contributed by atoms with E-state index in [4.69, 9.17) is 4.74 Å². The van der Waals surface area contributed by atoms with E-state index in [1.165, 1.54) is 7.11 Å². The smallest absolute Gasteiger partial charge is 0.188 e. The fourth-order valence-corrected chi connectivity index (χ4v) is 0.992. The molecule has 0 aromatic carbocycles. The number of pyridine rings is 1. The molecule has 0 fully saturated rings. The first-order valence-corrected chi connectivity index (χ1v) is 3.92. The molecule has 0 unspecified atom stereocenters. The van der Waals surface area contributed by atoms with Gasteiger partial charge in [0.15, 0.2) is 5.78 Å². The number of aromatic nitrogens is 1. The number of Topliss-reactive ketones (excluding diaryl/α,β-unsaturated/α-hetero) is 1. The number of methoxy groups -OCH3 is 1. The highest BCUT2D eigenvalue weighted by atomic mass is 16.5. The normalized spacial score (nSPS) is 9.31. The summed E-state index contributed by atoms with van der Waals surface area (Å²) in [6.45, 7) is 3.49. The third-order valence-electron chi connectivity index (χ3n) is 1.58. The van der Waals surface area contributed by atoms with Gasteiger partial charge in [0.1, 0.15) is 11.4 Å². The van der Waals surface area contributed by atoms with Crippen LogP contribution >= 0.6 is 0 Å². The summed E-state index contributed by atoms with van der Waals surface area (Å²) in [6.07, 6.45) is 3.41. The van der Waals surface area contributed by atoms with Gasteiger partial charge in [0.2, 0.25) is 0 Å². The van der Waals surface area contributed by atoms with Crippen molar-refractivity contribution in [3.8, 4) is 5.75 Å². The number of carbonyl (C=O) groups excluding carboxylic acids is 1. The quantitative estimate of drug-likeness (QED) is 0.520. The summed E-state index contributed by atoms with van der Waals surface area (Å²) in [5.41, 5.74) is 0.366. The molecule has 1 rings (SSSR count). The number of hydrogen-bond donors (Lipinski definition) is 0. The summed E-state index contributed by atoms with van der Waals surface area (Å²) in [4.78, 5) is 15.4. The van der Waals surface area contributed by atoms with Gasteiger partial charge in [0.05, 0.1) is 7.11 Å². The zero-order valence-corrected chi connectivity index (χ0v) is 7.49. The summed E-state index contributed by atoms with van der Waals surface area (Å²) in [7, 11) is 1.52. The van der Waals surface area contributed by atoms with Crippen molar-refractivity contribution in [1.82, 2.24) is 4.98 Å². The number of rotatable bonds is 4. The molecule has 0 aliphatic rings. The lowest BCUT2D eigenvalue weighted by atomic mass is 10.2. The largest absolute Gasteiger partial charge is 0.494 e. The van der Waals surface area contributed by atoms with Crippen molar-refractivity contribution >= 4 is 5.78 Å². The number of carbonyl (C=O) groups is 1. The second-order valence-electron chi connectivity index (χ2n) is 2.47. The lowest BCUT2D eigenvalue weighted by molar-refractivity contribution is 0.0988. The number of ether oxygens (including phenoxy) is 1. The monoisotopic (exact) mass is 177 g/mol. The van der Waals surface area contributed by atoms with Crippen LogP contribution in [0.25, 0.3) is 0 Å². The topological polar surface area (TPSA) is 39.2 Å². The molecule has 0 bridgehead atoms. The first-order chi connectivity index (χ1) is 6.29. The molecule has 0 aliphatic heterocycles. The van der Waals surface area contributed by atoms with Crippen LogP contribution in [0.1, 0.15) is 16.9 Å². The molecule has 0 N–H and O–H groups in total. The van der Waals surface area contributed by atoms with E-state index in [9.17, 15) is 4.79 Å². The van der Waals surface area contributed by atoms with Crippen LogP contribution in [-0.2, 0) is 0 Å². The highest BCUT2D eigenvalue weighted by Gasteiger charge is 2.10. The second kappa shape index (κ2) is 4.40. The Hall–Kier alpha value is -1.64. The summed E-state index contributed by atoms with van der Waals surface area (Å²) < 4.78 is 5.00. The Balaban J connectivity index is 2.98. The van der Waals surface area contributed by atoms with Crippen molar-refractivity contribution in [2.45, 2.75) is 6.42 Å². The molecule has 3 heteroatoms. The number of allylic oxidation sites excluding steroid dienone is 1. The first-order valence-electron chi connectivity index (χ1n) is 3.92. The van der Waals surface area contributed by atoms with Crippen molar-refractivity contribution in [3.05, 3.63) is 36.7 Å². The molecule has 0 radical (unpaired) electrons. The van der Waals surface area contributed by atoms with Crippen molar-refractivity contribution in [3.63, 3.8) is 0 Å². The van der Waals surface area contributed by atoms with Crippen LogP contribution < -0.4 is 4.74 Å². The van der Waals surface area contributed by atoms with E-state index in [1.54, 1.807) is 24.4 Å². The van der Waals surface area contributed by atoms with Gasteiger partial charge in [-0.3, -0.25) is 4.79 Å². The molecular weight excluding hydrogens is 166 g/mol. The van der Waals surface area contributed by atoms with E-state index in [0.29, 0.717) is 11.4 Å². The van der Waals surface area contributed by atoms with Gasteiger partial charge in [-0.25, -0.2) is 4.98 Å². The zero-order chi connectivity index (χ0) is 9.68. The third-order valence-corrected chi connectivity index (χ3v) is 1.58. The molecule has 0 saturated heterocycles. The van der Waals surface area contributed by atoms with Crippen LogP contribution in [0.15, 0.2) is 31.0 Å². The van der Waals surface area contributed by atoms with Gasteiger partial charge in [-0.2, -0.15) is 0 Å². The van der Waals surface area contributed by atoms with Crippen molar-refractivity contribution in [2.24, 2.45) is 0 Å². The molecular formula is C10H11NO2. The highest BCUT2D eigenvalue weighted by molar-refractivity contribution is 5.97. The maximum atomic E-state index is 11.4. The molecule has 1 aromatic rings. The Kier molecular flexibility index (Phi) is 3.20. The molecule has 68 valence electrons. The van der Waals surface area contributed by atoms with Gasteiger partial charge in [0, 0.05) is 12.6 Å². The first kappa shape index (κ1) is 9.45. The Morgan fingerprint density at radius 1 is 1.77 bits per heavy atom. The van der Waals surface area contributed by atoms with E-state index >= 15 is 0 Å². The van der Waals surface area contributed by atoms with E-state index in [2.05, 4.69) is 11.6 Å². The molecule has 13 heavy (non-hydrogen) atoms. The molecule has 1 aromatic heterocycles. The molecule has 0 amide bonds. The van der Waals surface area contributed by atoms with Gasteiger partial charge in [-0.1, -0.05) is 6.08 Å². The van der Waals surface area contributed by atoms with Crippen LogP contribution in [0.5, 0.6) is 5.75 Å². The molecule has 0 aliphatic carbocycles. The zero-order valence-electron chi connectivity index (χ0n) is 7.49. The predicted molar refractivity (Wildman–Crippen MR) is 49.9 cm³/mol. The van der Waals surface area contributed by atoms with E-state index in [-0.39, 0.29) is 12.2 Å². The maximum Gasteiger partial charge on any atom is 0.188 e. The SMILES string of the molecule is C=CCC(=O)c1ncccc1OC. The van der Waals surface area contributed by atoms with Crippen LogP contribution in [-0.4, -0.2) is 17.9 Å². The second-order valence-corrected chi connectivity index (χ2v) is 2.47. The Morgan fingerprint density at radius 3 is 3.15 bits per heavy atom. The minimum Gasteiger partial charge on any atom is -0.494 e. The predicted octanol–water partition coefficient (Wildman–Crippen LogP) is 1.85. The lowest BCUT2D eigenvalue weighted by Gasteiger charge is -2.03. The van der Waals surface area contributed by atoms with Crippen LogP contribution in [0, 0.1) is 0 Å².